The zero-order valence-electron chi connectivity index (χ0n) is 11.6. The van der Waals surface area contributed by atoms with Gasteiger partial charge in [-0.15, -0.1) is 0 Å². The topological polar surface area (TPSA) is 51.4 Å². The van der Waals surface area contributed by atoms with E-state index in [1.54, 1.807) is 13.3 Å². The summed E-state index contributed by atoms with van der Waals surface area (Å²) in [5.74, 6) is 1.14. The lowest BCUT2D eigenvalue weighted by atomic mass is 9.98. The van der Waals surface area contributed by atoms with Crippen LogP contribution in [0, 0.1) is 0 Å². The molecule has 104 valence electrons. The van der Waals surface area contributed by atoms with Crippen LogP contribution < -0.4 is 15.4 Å². The Balaban J connectivity index is 1.98. The highest BCUT2D eigenvalue weighted by atomic mass is 16.5. The number of pyridine rings is 1. The molecular weight excluding hydrogens is 250 g/mol. The van der Waals surface area contributed by atoms with Crippen LogP contribution in [0.2, 0.25) is 0 Å². The van der Waals surface area contributed by atoms with Crippen molar-refractivity contribution in [3.05, 3.63) is 48.2 Å². The number of ether oxygens (including phenoxy) is 1. The van der Waals surface area contributed by atoms with E-state index in [0.717, 1.165) is 18.7 Å². The minimum Gasteiger partial charge on any atom is -0.481 e. The summed E-state index contributed by atoms with van der Waals surface area (Å²) in [5.41, 5.74) is 9.51. The first-order valence-electron chi connectivity index (χ1n) is 6.90. The van der Waals surface area contributed by atoms with Gasteiger partial charge in [0.05, 0.1) is 7.11 Å². The zero-order chi connectivity index (χ0) is 13.9. The molecule has 0 amide bonds. The highest BCUT2D eigenvalue weighted by Crippen LogP contribution is 2.42. The Hall–Kier alpha value is -2.07. The Morgan fingerprint density at radius 1 is 1.35 bits per heavy atom. The number of rotatable bonds is 4. The molecule has 1 aliphatic heterocycles. The number of methoxy groups -OCH3 is 1. The number of aromatic nitrogens is 1. The Bertz CT molecular complexity index is 600. The summed E-state index contributed by atoms with van der Waals surface area (Å²) in [5, 5.41) is 0. The monoisotopic (exact) mass is 269 g/mol. The van der Waals surface area contributed by atoms with Crippen molar-refractivity contribution in [1.82, 2.24) is 4.98 Å². The molecule has 1 aromatic heterocycles. The summed E-state index contributed by atoms with van der Waals surface area (Å²) < 4.78 is 5.22. The number of fused-ring (bicyclic) bond motifs is 1. The predicted molar refractivity (Wildman–Crippen MR) is 80.6 cm³/mol. The molecule has 1 atom stereocenters. The third-order valence-corrected chi connectivity index (χ3v) is 3.82. The van der Waals surface area contributed by atoms with E-state index in [9.17, 15) is 0 Å². The number of para-hydroxylation sites is 1. The summed E-state index contributed by atoms with van der Waals surface area (Å²) in [6.07, 6.45) is 2.79. The molecule has 0 fully saturated rings. The quantitative estimate of drug-likeness (QED) is 0.927. The lowest BCUT2D eigenvalue weighted by molar-refractivity contribution is 0.398. The van der Waals surface area contributed by atoms with E-state index in [1.165, 1.54) is 11.3 Å². The van der Waals surface area contributed by atoms with Crippen molar-refractivity contribution in [3.8, 4) is 5.88 Å². The lowest BCUT2D eigenvalue weighted by Gasteiger charge is -2.20. The molecule has 4 heteroatoms. The van der Waals surface area contributed by atoms with Gasteiger partial charge < -0.3 is 15.4 Å². The largest absolute Gasteiger partial charge is 0.481 e. The van der Waals surface area contributed by atoms with Gasteiger partial charge in [0, 0.05) is 36.1 Å². The predicted octanol–water partition coefficient (Wildman–Crippen LogP) is 2.67. The first kappa shape index (κ1) is 12.9. The molecule has 2 heterocycles. The van der Waals surface area contributed by atoms with Crippen molar-refractivity contribution in [2.45, 2.75) is 12.3 Å². The van der Waals surface area contributed by atoms with E-state index in [4.69, 9.17) is 10.5 Å². The number of nitrogens with two attached hydrogens (primary N) is 1. The van der Waals surface area contributed by atoms with Gasteiger partial charge in [-0.2, -0.15) is 0 Å². The van der Waals surface area contributed by atoms with Crippen LogP contribution in [0.3, 0.4) is 0 Å². The van der Waals surface area contributed by atoms with Gasteiger partial charge in [-0.25, -0.2) is 4.98 Å². The molecule has 2 aromatic rings. The van der Waals surface area contributed by atoms with Crippen LogP contribution in [0.4, 0.5) is 11.4 Å². The van der Waals surface area contributed by atoms with Crippen molar-refractivity contribution in [1.29, 1.82) is 0 Å². The average molecular weight is 269 g/mol. The van der Waals surface area contributed by atoms with Gasteiger partial charge in [0.15, 0.2) is 0 Å². The van der Waals surface area contributed by atoms with Gasteiger partial charge in [0.2, 0.25) is 5.88 Å². The van der Waals surface area contributed by atoms with Gasteiger partial charge in [-0.1, -0.05) is 18.2 Å². The van der Waals surface area contributed by atoms with E-state index in [-0.39, 0.29) is 0 Å². The molecule has 0 bridgehead atoms. The molecule has 0 radical (unpaired) electrons. The molecule has 3 rings (SSSR count). The van der Waals surface area contributed by atoms with Gasteiger partial charge in [-0.05, 0) is 30.7 Å². The SMILES string of the molecule is COc1cc(N2CC(CCN)c3ccccc32)ccn1. The second kappa shape index (κ2) is 5.51. The van der Waals surface area contributed by atoms with Crippen LogP contribution in [-0.2, 0) is 0 Å². The molecule has 2 N–H and O–H groups in total. The summed E-state index contributed by atoms with van der Waals surface area (Å²) >= 11 is 0. The third kappa shape index (κ3) is 2.23. The normalized spacial score (nSPS) is 17.1. The van der Waals surface area contributed by atoms with Crippen LogP contribution >= 0.6 is 0 Å². The van der Waals surface area contributed by atoms with E-state index in [2.05, 4.69) is 34.1 Å². The summed E-state index contributed by atoms with van der Waals surface area (Å²) in [6, 6.07) is 12.5. The third-order valence-electron chi connectivity index (χ3n) is 3.82. The molecule has 0 saturated carbocycles. The molecule has 20 heavy (non-hydrogen) atoms. The van der Waals surface area contributed by atoms with E-state index >= 15 is 0 Å². The molecule has 1 unspecified atom stereocenters. The number of anilines is 2. The second-order valence-corrected chi connectivity index (χ2v) is 5.00. The van der Waals surface area contributed by atoms with Crippen LogP contribution in [0.15, 0.2) is 42.6 Å². The number of hydrogen-bond acceptors (Lipinski definition) is 4. The fourth-order valence-electron chi connectivity index (χ4n) is 2.87. The number of benzene rings is 1. The van der Waals surface area contributed by atoms with E-state index < -0.39 is 0 Å². The fourth-order valence-corrected chi connectivity index (χ4v) is 2.87. The van der Waals surface area contributed by atoms with Gasteiger partial charge in [0.1, 0.15) is 0 Å². The second-order valence-electron chi connectivity index (χ2n) is 5.00. The maximum Gasteiger partial charge on any atom is 0.214 e. The molecule has 1 aromatic carbocycles. The minimum absolute atomic E-state index is 0.496. The summed E-state index contributed by atoms with van der Waals surface area (Å²) in [4.78, 5) is 6.49. The Morgan fingerprint density at radius 2 is 2.20 bits per heavy atom. The first-order valence-corrected chi connectivity index (χ1v) is 6.90. The molecule has 1 aliphatic rings. The van der Waals surface area contributed by atoms with E-state index in [0.29, 0.717) is 18.3 Å². The molecular formula is C16H19N3O. The van der Waals surface area contributed by atoms with Crippen molar-refractivity contribution >= 4 is 11.4 Å². The Labute approximate surface area is 119 Å². The van der Waals surface area contributed by atoms with Gasteiger partial charge in [0.25, 0.3) is 0 Å². The smallest absolute Gasteiger partial charge is 0.214 e. The number of nitrogens with zero attached hydrogens (tertiary/aromatic N) is 2. The molecule has 4 nitrogen and oxygen atoms in total. The van der Waals surface area contributed by atoms with Crippen molar-refractivity contribution in [3.63, 3.8) is 0 Å². The van der Waals surface area contributed by atoms with Gasteiger partial charge in [-0.3, -0.25) is 0 Å². The van der Waals surface area contributed by atoms with Crippen LogP contribution in [0.5, 0.6) is 5.88 Å². The van der Waals surface area contributed by atoms with Crippen LogP contribution in [0.1, 0.15) is 17.9 Å². The lowest BCUT2D eigenvalue weighted by Crippen LogP contribution is -2.17. The summed E-state index contributed by atoms with van der Waals surface area (Å²) in [6.45, 7) is 1.68. The zero-order valence-corrected chi connectivity index (χ0v) is 11.6. The van der Waals surface area contributed by atoms with Crippen molar-refractivity contribution in [2.24, 2.45) is 5.73 Å². The molecule has 0 spiro atoms. The Kier molecular flexibility index (Phi) is 3.56. The van der Waals surface area contributed by atoms with Crippen molar-refractivity contribution < 1.29 is 4.74 Å². The summed E-state index contributed by atoms with van der Waals surface area (Å²) in [7, 11) is 1.64. The van der Waals surface area contributed by atoms with E-state index in [1.807, 2.05) is 12.1 Å². The van der Waals surface area contributed by atoms with Crippen LogP contribution in [-0.4, -0.2) is 25.2 Å². The first-order chi connectivity index (χ1) is 9.83. The Morgan fingerprint density at radius 3 is 3.00 bits per heavy atom. The standard InChI is InChI=1S/C16H19N3O/c1-20-16-10-13(7-9-18-16)19-11-12(6-8-17)14-4-2-3-5-15(14)19/h2-5,7,9-10,12H,6,8,11,17H2,1H3. The molecule has 0 aliphatic carbocycles. The molecule has 0 saturated heterocycles. The van der Waals surface area contributed by atoms with Crippen LogP contribution in [0.25, 0.3) is 0 Å². The maximum absolute atomic E-state index is 5.75. The minimum atomic E-state index is 0.496. The average Bonchev–Trinajstić information content (AvgIpc) is 2.87. The fraction of sp³-hybridized carbons (Fsp3) is 0.312. The van der Waals surface area contributed by atoms with Crippen molar-refractivity contribution in [2.75, 3.05) is 25.1 Å². The number of hydrogen-bond donors (Lipinski definition) is 1. The van der Waals surface area contributed by atoms with Gasteiger partial charge >= 0.3 is 0 Å². The highest BCUT2D eigenvalue weighted by molar-refractivity contribution is 5.71. The highest BCUT2D eigenvalue weighted by Gasteiger charge is 2.28. The maximum atomic E-state index is 5.75.